The van der Waals surface area contributed by atoms with Gasteiger partial charge in [0.2, 0.25) is 0 Å². The van der Waals surface area contributed by atoms with E-state index in [4.69, 9.17) is 4.74 Å². The largest absolute Gasteiger partial charge is 0.455 e. The fourth-order valence-corrected chi connectivity index (χ4v) is 2.10. The Bertz CT molecular complexity index is 709. The average molecular weight is 277 g/mol. The first kappa shape index (κ1) is 13.3. The van der Waals surface area contributed by atoms with Gasteiger partial charge in [0.15, 0.2) is 5.75 Å². The number of aromatic nitrogens is 1. The molecule has 104 valence electrons. The lowest BCUT2D eigenvalue weighted by molar-refractivity contribution is 0.276. The zero-order valence-electron chi connectivity index (χ0n) is 11.4. The highest BCUT2D eigenvalue weighted by molar-refractivity contribution is 5.64. The first-order chi connectivity index (χ1) is 10.4. The molecular formula is C18H15NO2. The third kappa shape index (κ3) is 3.09. The lowest BCUT2D eigenvalue weighted by Gasteiger charge is -2.09. The van der Waals surface area contributed by atoms with Crippen LogP contribution < -0.4 is 4.74 Å². The molecule has 0 radical (unpaired) electrons. The van der Waals surface area contributed by atoms with Crippen LogP contribution in [0.5, 0.6) is 11.5 Å². The molecule has 0 saturated carbocycles. The van der Waals surface area contributed by atoms with Crippen LogP contribution in [0, 0.1) is 0 Å². The summed E-state index contributed by atoms with van der Waals surface area (Å²) in [5, 5.41) is 9.28. The molecular weight excluding hydrogens is 262 g/mol. The molecule has 0 aliphatic heterocycles. The maximum atomic E-state index is 9.28. The fourth-order valence-electron chi connectivity index (χ4n) is 2.10. The molecule has 1 aromatic heterocycles. The van der Waals surface area contributed by atoms with Gasteiger partial charge in [-0.25, -0.2) is 0 Å². The van der Waals surface area contributed by atoms with E-state index in [2.05, 4.69) is 17.1 Å². The molecule has 0 atom stereocenters. The Morgan fingerprint density at radius 1 is 0.857 bits per heavy atom. The molecule has 2 aromatic carbocycles. The van der Waals surface area contributed by atoms with E-state index in [1.807, 2.05) is 42.5 Å². The SMILES string of the molecule is OCc1ccncc1Oc1ccc(-c2ccccc2)cc1. The van der Waals surface area contributed by atoms with Crippen molar-refractivity contribution in [3.8, 4) is 22.6 Å². The van der Waals surface area contributed by atoms with Crippen LogP contribution in [0.2, 0.25) is 0 Å². The lowest BCUT2D eigenvalue weighted by Crippen LogP contribution is -1.92. The zero-order chi connectivity index (χ0) is 14.5. The summed E-state index contributed by atoms with van der Waals surface area (Å²) in [5.74, 6) is 1.30. The first-order valence-corrected chi connectivity index (χ1v) is 6.74. The maximum Gasteiger partial charge on any atom is 0.151 e. The summed E-state index contributed by atoms with van der Waals surface area (Å²) in [6.45, 7) is -0.0695. The van der Waals surface area contributed by atoms with Crippen molar-refractivity contribution in [2.24, 2.45) is 0 Å². The second kappa shape index (κ2) is 6.20. The Morgan fingerprint density at radius 2 is 1.57 bits per heavy atom. The topological polar surface area (TPSA) is 42.4 Å². The van der Waals surface area contributed by atoms with Gasteiger partial charge in [-0.3, -0.25) is 4.98 Å². The van der Waals surface area contributed by atoms with Gasteiger partial charge in [0.1, 0.15) is 5.75 Å². The Balaban J connectivity index is 1.82. The summed E-state index contributed by atoms with van der Waals surface area (Å²) in [5.41, 5.74) is 3.02. The third-order valence-corrected chi connectivity index (χ3v) is 3.23. The molecule has 3 nitrogen and oxygen atoms in total. The van der Waals surface area contributed by atoms with Crippen LogP contribution in [-0.2, 0) is 6.61 Å². The van der Waals surface area contributed by atoms with Gasteiger partial charge in [0.05, 0.1) is 12.8 Å². The molecule has 0 bridgehead atoms. The van der Waals surface area contributed by atoms with Crippen molar-refractivity contribution in [2.75, 3.05) is 0 Å². The van der Waals surface area contributed by atoms with E-state index in [1.165, 1.54) is 5.56 Å². The Morgan fingerprint density at radius 3 is 2.29 bits per heavy atom. The monoisotopic (exact) mass is 277 g/mol. The summed E-state index contributed by atoms with van der Waals surface area (Å²) in [4.78, 5) is 4.02. The van der Waals surface area contributed by atoms with E-state index in [-0.39, 0.29) is 6.61 Å². The van der Waals surface area contributed by atoms with Gasteiger partial charge in [-0.15, -0.1) is 0 Å². The predicted octanol–water partition coefficient (Wildman–Crippen LogP) is 4.03. The van der Waals surface area contributed by atoms with E-state index in [1.54, 1.807) is 18.5 Å². The van der Waals surface area contributed by atoms with Crippen molar-refractivity contribution >= 4 is 0 Å². The minimum atomic E-state index is -0.0695. The lowest BCUT2D eigenvalue weighted by atomic mass is 10.1. The molecule has 21 heavy (non-hydrogen) atoms. The van der Waals surface area contributed by atoms with Crippen molar-refractivity contribution < 1.29 is 9.84 Å². The van der Waals surface area contributed by atoms with Crippen LogP contribution in [0.15, 0.2) is 73.1 Å². The predicted molar refractivity (Wildman–Crippen MR) is 82.1 cm³/mol. The summed E-state index contributed by atoms with van der Waals surface area (Å²) >= 11 is 0. The van der Waals surface area contributed by atoms with Crippen LogP contribution in [-0.4, -0.2) is 10.1 Å². The highest BCUT2D eigenvalue weighted by atomic mass is 16.5. The summed E-state index contributed by atoms with van der Waals surface area (Å²) in [6, 6.07) is 19.8. The van der Waals surface area contributed by atoms with Crippen molar-refractivity contribution in [2.45, 2.75) is 6.61 Å². The number of rotatable bonds is 4. The van der Waals surface area contributed by atoms with E-state index in [0.29, 0.717) is 5.75 Å². The minimum Gasteiger partial charge on any atom is -0.455 e. The van der Waals surface area contributed by atoms with E-state index in [9.17, 15) is 5.11 Å². The molecule has 1 N–H and O–H groups in total. The van der Waals surface area contributed by atoms with Crippen LogP contribution in [0.25, 0.3) is 11.1 Å². The molecule has 3 aromatic rings. The average Bonchev–Trinajstić information content (AvgIpc) is 2.57. The van der Waals surface area contributed by atoms with Gasteiger partial charge < -0.3 is 9.84 Å². The summed E-state index contributed by atoms with van der Waals surface area (Å²) in [7, 11) is 0. The summed E-state index contributed by atoms with van der Waals surface area (Å²) in [6.07, 6.45) is 3.24. The van der Waals surface area contributed by atoms with Gasteiger partial charge in [0.25, 0.3) is 0 Å². The fraction of sp³-hybridized carbons (Fsp3) is 0.0556. The second-order valence-electron chi connectivity index (χ2n) is 4.63. The number of aliphatic hydroxyl groups excluding tert-OH is 1. The Kier molecular flexibility index (Phi) is 3.94. The first-order valence-electron chi connectivity index (χ1n) is 6.74. The van der Waals surface area contributed by atoms with Crippen LogP contribution in [0.3, 0.4) is 0 Å². The van der Waals surface area contributed by atoms with E-state index < -0.39 is 0 Å². The molecule has 0 saturated heterocycles. The molecule has 0 fully saturated rings. The molecule has 0 aliphatic carbocycles. The van der Waals surface area contributed by atoms with Crippen LogP contribution in [0.1, 0.15) is 5.56 Å². The number of hydrogen-bond donors (Lipinski definition) is 1. The molecule has 0 unspecified atom stereocenters. The van der Waals surface area contributed by atoms with Gasteiger partial charge >= 0.3 is 0 Å². The van der Waals surface area contributed by atoms with Crippen molar-refractivity contribution in [1.82, 2.24) is 4.98 Å². The maximum absolute atomic E-state index is 9.28. The normalized spacial score (nSPS) is 10.3. The number of pyridine rings is 1. The van der Waals surface area contributed by atoms with Gasteiger partial charge in [0, 0.05) is 11.8 Å². The van der Waals surface area contributed by atoms with Crippen LogP contribution >= 0.6 is 0 Å². The Labute approximate surface area is 123 Å². The third-order valence-electron chi connectivity index (χ3n) is 3.23. The van der Waals surface area contributed by atoms with E-state index >= 15 is 0 Å². The summed E-state index contributed by atoms with van der Waals surface area (Å²) < 4.78 is 5.77. The standard InChI is InChI=1S/C18H15NO2/c20-13-16-10-11-19-12-18(16)21-17-8-6-15(7-9-17)14-4-2-1-3-5-14/h1-12,20H,13H2. The quantitative estimate of drug-likeness (QED) is 0.782. The number of benzene rings is 2. The number of hydrogen-bond acceptors (Lipinski definition) is 3. The van der Waals surface area contributed by atoms with Crippen molar-refractivity contribution in [3.05, 3.63) is 78.6 Å². The van der Waals surface area contributed by atoms with Crippen LogP contribution in [0.4, 0.5) is 0 Å². The second-order valence-corrected chi connectivity index (χ2v) is 4.63. The molecule has 3 heteroatoms. The number of ether oxygens (including phenoxy) is 1. The highest BCUT2D eigenvalue weighted by Gasteiger charge is 2.04. The van der Waals surface area contributed by atoms with Gasteiger partial charge in [-0.2, -0.15) is 0 Å². The highest BCUT2D eigenvalue weighted by Crippen LogP contribution is 2.27. The Hall–Kier alpha value is -2.65. The molecule has 0 aliphatic rings. The zero-order valence-corrected chi connectivity index (χ0v) is 11.4. The molecule has 0 amide bonds. The number of nitrogens with zero attached hydrogens (tertiary/aromatic N) is 1. The van der Waals surface area contributed by atoms with Crippen molar-refractivity contribution in [1.29, 1.82) is 0 Å². The van der Waals surface area contributed by atoms with Gasteiger partial charge in [-0.05, 0) is 29.3 Å². The van der Waals surface area contributed by atoms with Gasteiger partial charge in [-0.1, -0.05) is 42.5 Å². The van der Waals surface area contributed by atoms with E-state index in [0.717, 1.165) is 16.9 Å². The molecule has 1 heterocycles. The smallest absolute Gasteiger partial charge is 0.151 e. The molecule has 0 spiro atoms. The van der Waals surface area contributed by atoms with Crippen molar-refractivity contribution in [3.63, 3.8) is 0 Å². The number of aliphatic hydroxyl groups is 1. The molecule has 3 rings (SSSR count). The minimum absolute atomic E-state index is 0.0695.